The summed E-state index contributed by atoms with van der Waals surface area (Å²) in [6.45, 7) is 4.39. The summed E-state index contributed by atoms with van der Waals surface area (Å²) < 4.78 is 5.80. The number of aliphatic hydroxyl groups is 1. The molecule has 0 unspecified atom stereocenters. The first kappa shape index (κ1) is 12.6. The molecule has 3 heteroatoms. The molecule has 0 radical (unpaired) electrons. The van der Waals surface area contributed by atoms with Crippen LogP contribution in [0.1, 0.15) is 22.4 Å². The van der Waals surface area contributed by atoms with Gasteiger partial charge < -0.3 is 9.84 Å². The van der Waals surface area contributed by atoms with Crippen molar-refractivity contribution in [1.82, 2.24) is 4.98 Å². The number of aliphatic hydroxyl groups excluding tert-OH is 1. The molecule has 0 aliphatic carbocycles. The molecule has 0 aliphatic rings. The maximum atomic E-state index is 9.30. The standard InChI is InChI=1S/C15H17NO2/c1-11-6-4-8-16-14(11)10-18-15-12(2)5-3-7-13(15)9-17/h3-8,17H,9-10H2,1-2H3. The van der Waals surface area contributed by atoms with E-state index in [4.69, 9.17) is 4.74 Å². The lowest BCUT2D eigenvalue weighted by molar-refractivity contribution is 0.256. The number of aromatic nitrogens is 1. The Kier molecular flexibility index (Phi) is 3.95. The van der Waals surface area contributed by atoms with E-state index in [1.54, 1.807) is 6.20 Å². The van der Waals surface area contributed by atoms with E-state index in [0.29, 0.717) is 6.61 Å². The highest BCUT2D eigenvalue weighted by molar-refractivity contribution is 5.40. The molecular weight excluding hydrogens is 226 g/mol. The molecule has 18 heavy (non-hydrogen) atoms. The number of para-hydroxylation sites is 1. The zero-order valence-corrected chi connectivity index (χ0v) is 10.7. The summed E-state index contributed by atoms with van der Waals surface area (Å²) in [5.74, 6) is 0.755. The smallest absolute Gasteiger partial charge is 0.130 e. The number of nitrogens with zero attached hydrogens (tertiary/aromatic N) is 1. The van der Waals surface area contributed by atoms with Crippen LogP contribution in [0, 0.1) is 13.8 Å². The molecule has 3 nitrogen and oxygen atoms in total. The van der Waals surface area contributed by atoms with Crippen LogP contribution in [-0.4, -0.2) is 10.1 Å². The van der Waals surface area contributed by atoms with E-state index >= 15 is 0 Å². The second-order valence-electron chi connectivity index (χ2n) is 4.28. The van der Waals surface area contributed by atoms with E-state index in [1.165, 1.54) is 0 Å². The van der Waals surface area contributed by atoms with Gasteiger partial charge in [-0.15, -0.1) is 0 Å². The van der Waals surface area contributed by atoms with Crippen molar-refractivity contribution in [1.29, 1.82) is 0 Å². The largest absolute Gasteiger partial charge is 0.487 e. The molecule has 0 atom stereocenters. The predicted molar refractivity (Wildman–Crippen MR) is 70.4 cm³/mol. The zero-order chi connectivity index (χ0) is 13.0. The average molecular weight is 243 g/mol. The van der Waals surface area contributed by atoms with E-state index in [0.717, 1.165) is 28.1 Å². The fourth-order valence-electron chi connectivity index (χ4n) is 1.85. The fraction of sp³-hybridized carbons (Fsp3) is 0.267. The van der Waals surface area contributed by atoms with Crippen molar-refractivity contribution in [2.24, 2.45) is 0 Å². The van der Waals surface area contributed by atoms with Gasteiger partial charge in [-0.25, -0.2) is 0 Å². The molecule has 0 spiro atoms. The van der Waals surface area contributed by atoms with Crippen LogP contribution in [0.3, 0.4) is 0 Å². The van der Waals surface area contributed by atoms with Crippen LogP contribution in [0.15, 0.2) is 36.5 Å². The summed E-state index contributed by atoms with van der Waals surface area (Å²) in [6, 6.07) is 9.68. The minimum absolute atomic E-state index is 0.0157. The monoisotopic (exact) mass is 243 g/mol. The third-order valence-electron chi connectivity index (χ3n) is 2.93. The Labute approximate surface area is 107 Å². The van der Waals surface area contributed by atoms with Gasteiger partial charge in [-0.1, -0.05) is 24.3 Å². The maximum Gasteiger partial charge on any atom is 0.130 e. The highest BCUT2D eigenvalue weighted by atomic mass is 16.5. The van der Waals surface area contributed by atoms with Crippen LogP contribution >= 0.6 is 0 Å². The molecule has 1 aromatic heterocycles. The van der Waals surface area contributed by atoms with Gasteiger partial charge in [0.15, 0.2) is 0 Å². The summed E-state index contributed by atoms with van der Waals surface area (Å²) in [5.41, 5.74) is 3.86. The molecule has 1 heterocycles. The highest BCUT2D eigenvalue weighted by Gasteiger charge is 2.07. The van der Waals surface area contributed by atoms with Crippen LogP contribution in [0.25, 0.3) is 0 Å². The first-order valence-corrected chi connectivity index (χ1v) is 5.95. The average Bonchev–Trinajstić information content (AvgIpc) is 2.39. The lowest BCUT2D eigenvalue weighted by Crippen LogP contribution is -2.03. The van der Waals surface area contributed by atoms with Crippen molar-refractivity contribution >= 4 is 0 Å². The molecule has 2 rings (SSSR count). The molecule has 0 bridgehead atoms. The van der Waals surface area contributed by atoms with E-state index in [9.17, 15) is 5.11 Å². The molecule has 0 amide bonds. The van der Waals surface area contributed by atoms with Crippen LogP contribution in [0.5, 0.6) is 5.75 Å². The van der Waals surface area contributed by atoms with Crippen LogP contribution in [0.4, 0.5) is 0 Å². The van der Waals surface area contributed by atoms with Crippen LogP contribution in [-0.2, 0) is 13.2 Å². The number of aryl methyl sites for hydroxylation is 2. The van der Waals surface area contributed by atoms with E-state index in [1.807, 2.05) is 44.2 Å². The van der Waals surface area contributed by atoms with Gasteiger partial charge in [-0.2, -0.15) is 0 Å². The van der Waals surface area contributed by atoms with Crippen molar-refractivity contribution in [3.63, 3.8) is 0 Å². The number of benzene rings is 1. The molecular formula is C15H17NO2. The summed E-state index contributed by atoms with van der Waals surface area (Å²) in [7, 11) is 0. The summed E-state index contributed by atoms with van der Waals surface area (Å²) >= 11 is 0. The first-order chi connectivity index (χ1) is 8.72. The van der Waals surface area contributed by atoms with Crippen molar-refractivity contribution < 1.29 is 9.84 Å². The molecule has 0 saturated carbocycles. The Morgan fingerprint density at radius 3 is 2.61 bits per heavy atom. The Balaban J connectivity index is 2.18. The minimum atomic E-state index is -0.0157. The van der Waals surface area contributed by atoms with Gasteiger partial charge >= 0.3 is 0 Å². The number of rotatable bonds is 4. The van der Waals surface area contributed by atoms with Crippen molar-refractivity contribution in [2.45, 2.75) is 27.1 Å². The molecule has 94 valence electrons. The SMILES string of the molecule is Cc1cccnc1COc1c(C)cccc1CO. The minimum Gasteiger partial charge on any atom is -0.487 e. The zero-order valence-electron chi connectivity index (χ0n) is 10.7. The molecule has 0 aliphatic heterocycles. The Hall–Kier alpha value is -1.87. The van der Waals surface area contributed by atoms with Crippen molar-refractivity contribution in [3.05, 3.63) is 58.9 Å². The number of hydrogen-bond acceptors (Lipinski definition) is 3. The highest BCUT2D eigenvalue weighted by Crippen LogP contribution is 2.24. The van der Waals surface area contributed by atoms with Gasteiger partial charge in [-0.05, 0) is 31.0 Å². The first-order valence-electron chi connectivity index (χ1n) is 5.95. The Morgan fingerprint density at radius 2 is 1.89 bits per heavy atom. The summed E-state index contributed by atoms with van der Waals surface area (Å²) in [4.78, 5) is 4.29. The van der Waals surface area contributed by atoms with Crippen molar-refractivity contribution in [2.75, 3.05) is 0 Å². The Bertz CT molecular complexity index is 538. The second-order valence-corrected chi connectivity index (χ2v) is 4.28. The van der Waals surface area contributed by atoms with Gasteiger partial charge in [0.05, 0.1) is 12.3 Å². The van der Waals surface area contributed by atoms with E-state index in [2.05, 4.69) is 4.98 Å². The quantitative estimate of drug-likeness (QED) is 0.897. The molecule has 0 fully saturated rings. The third kappa shape index (κ3) is 2.68. The topological polar surface area (TPSA) is 42.4 Å². The molecule has 0 saturated heterocycles. The number of pyridine rings is 1. The third-order valence-corrected chi connectivity index (χ3v) is 2.93. The predicted octanol–water partition coefficient (Wildman–Crippen LogP) is 2.77. The lowest BCUT2D eigenvalue weighted by Gasteiger charge is -2.13. The van der Waals surface area contributed by atoms with Crippen LogP contribution < -0.4 is 4.74 Å². The number of ether oxygens (including phenoxy) is 1. The Morgan fingerprint density at radius 1 is 1.11 bits per heavy atom. The van der Waals surface area contributed by atoms with E-state index in [-0.39, 0.29) is 6.61 Å². The molecule has 2 aromatic rings. The molecule has 1 aromatic carbocycles. The summed E-state index contributed by atoms with van der Waals surface area (Å²) in [5, 5.41) is 9.30. The normalized spacial score (nSPS) is 10.4. The summed E-state index contributed by atoms with van der Waals surface area (Å²) in [6.07, 6.45) is 1.76. The fourth-order valence-corrected chi connectivity index (χ4v) is 1.85. The van der Waals surface area contributed by atoms with Gasteiger partial charge in [0.2, 0.25) is 0 Å². The lowest BCUT2D eigenvalue weighted by atomic mass is 10.1. The molecule has 1 N–H and O–H groups in total. The van der Waals surface area contributed by atoms with E-state index < -0.39 is 0 Å². The van der Waals surface area contributed by atoms with Gasteiger partial charge in [0.1, 0.15) is 12.4 Å². The van der Waals surface area contributed by atoms with Crippen LogP contribution in [0.2, 0.25) is 0 Å². The maximum absolute atomic E-state index is 9.30. The van der Waals surface area contributed by atoms with Crippen molar-refractivity contribution in [3.8, 4) is 5.75 Å². The number of hydrogen-bond donors (Lipinski definition) is 1. The van der Waals surface area contributed by atoms with Gasteiger partial charge in [0, 0.05) is 11.8 Å². The van der Waals surface area contributed by atoms with Gasteiger partial charge in [0.25, 0.3) is 0 Å². The van der Waals surface area contributed by atoms with Gasteiger partial charge in [-0.3, -0.25) is 4.98 Å². The second kappa shape index (κ2) is 5.65.